The Morgan fingerprint density at radius 3 is 1.79 bits per heavy atom. The van der Waals surface area contributed by atoms with Crippen molar-refractivity contribution in [3.63, 3.8) is 0 Å². The van der Waals surface area contributed by atoms with Gasteiger partial charge in [-0.15, -0.1) is 0 Å². The largest absolute Gasteiger partial charge is 0.504 e. The minimum atomic E-state index is -0.183. The summed E-state index contributed by atoms with van der Waals surface area (Å²) in [6, 6.07) is 8.84. The molecule has 2 N–H and O–H groups in total. The summed E-state index contributed by atoms with van der Waals surface area (Å²) in [4.78, 5) is 0. The number of phenolic OH excluding ortho intramolecular Hbond substituents is 2. The molecule has 2 aromatic rings. The number of fused-ring (bicyclic) bond motifs is 1. The van der Waals surface area contributed by atoms with Crippen LogP contribution in [0.4, 0.5) is 0 Å². The Morgan fingerprint density at radius 2 is 1.25 bits per heavy atom. The van der Waals surface area contributed by atoms with E-state index in [1.807, 2.05) is 12.1 Å². The third-order valence-corrected chi connectivity index (χ3v) is 5.63. The van der Waals surface area contributed by atoms with E-state index in [4.69, 9.17) is 23.7 Å². The number of ether oxygens (including phenoxy) is 5. The molecule has 2 heterocycles. The zero-order valence-corrected chi connectivity index (χ0v) is 16.0. The van der Waals surface area contributed by atoms with E-state index in [0.717, 1.165) is 11.1 Å². The lowest BCUT2D eigenvalue weighted by molar-refractivity contribution is 0.0191. The third-order valence-electron chi connectivity index (χ3n) is 5.63. The summed E-state index contributed by atoms with van der Waals surface area (Å²) < 4.78 is 28.0. The van der Waals surface area contributed by atoms with Crippen molar-refractivity contribution in [3.8, 4) is 28.7 Å². The number of rotatable bonds is 5. The van der Waals surface area contributed by atoms with Gasteiger partial charge in [-0.3, -0.25) is 0 Å². The molecule has 0 spiro atoms. The van der Waals surface area contributed by atoms with Crippen LogP contribution >= 0.6 is 0 Å². The molecule has 2 fully saturated rings. The standard InChI is InChI=1S/C21H24O7/c1-24-16-6-11(4-5-15(16)22)20-13-9-28-21(14(13)10-27-20)12-7-17(25-2)19(23)18(8-12)26-3/h4-8,13-14,20-23H,9-10H2,1-3H3/t13-,14-,20+,21?/m0/s1. The molecule has 0 radical (unpaired) electrons. The topological polar surface area (TPSA) is 86.6 Å². The second kappa shape index (κ2) is 7.41. The highest BCUT2D eigenvalue weighted by Gasteiger charge is 2.48. The van der Waals surface area contributed by atoms with Gasteiger partial charge in [0.2, 0.25) is 5.75 Å². The smallest absolute Gasteiger partial charge is 0.200 e. The molecular formula is C21H24O7. The molecule has 2 aromatic carbocycles. The van der Waals surface area contributed by atoms with Gasteiger partial charge >= 0.3 is 0 Å². The van der Waals surface area contributed by atoms with Gasteiger partial charge in [0.15, 0.2) is 23.0 Å². The molecule has 4 atom stereocenters. The maximum Gasteiger partial charge on any atom is 0.200 e. The molecule has 2 aliphatic heterocycles. The van der Waals surface area contributed by atoms with Crippen molar-refractivity contribution in [3.05, 3.63) is 41.5 Å². The zero-order chi connectivity index (χ0) is 19.8. The van der Waals surface area contributed by atoms with Gasteiger partial charge in [0.25, 0.3) is 0 Å². The number of aromatic hydroxyl groups is 2. The van der Waals surface area contributed by atoms with Crippen molar-refractivity contribution < 1.29 is 33.9 Å². The van der Waals surface area contributed by atoms with Gasteiger partial charge in [-0.05, 0) is 35.4 Å². The Morgan fingerprint density at radius 1 is 0.750 bits per heavy atom. The van der Waals surface area contributed by atoms with Gasteiger partial charge in [0.05, 0.1) is 46.8 Å². The highest BCUT2D eigenvalue weighted by Crippen LogP contribution is 2.52. The van der Waals surface area contributed by atoms with E-state index in [-0.39, 0.29) is 35.5 Å². The highest BCUT2D eigenvalue weighted by atomic mass is 16.5. The quantitative estimate of drug-likeness (QED) is 0.813. The molecule has 28 heavy (non-hydrogen) atoms. The molecule has 7 heteroatoms. The predicted octanol–water partition coefficient (Wildman–Crippen LogP) is 3.20. The molecule has 0 bridgehead atoms. The van der Waals surface area contributed by atoms with Crippen LogP contribution in [0.2, 0.25) is 0 Å². The fourth-order valence-corrected chi connectivity index (χ4v) is 4.18. The summed E-state index contributed by atoms with van der Waals surface area (Å²) in [5, 5.41) is 20.0. The van der Waals surface area contributed by atoms with Crippen molar-refractivity contribution in [1.29, 1.82) is 0 Å². The second-order valence-corrected chi connectivity index (χ2v) is 7.04. The van der Waals surface area contributed by atoms with Crippen molar-refractivity contribution in [1.82, 2.24) is 0 Å². The molecule has 0 aromatic heterocycles. The Hall–Kier alpha value is -2.64. The molecular weight excluding hydrogens is 364 g/mol. The van der Waals surface area contributed by atoms with Crippen LogP contribution in [0.1, 0.15) is 23.3 Å². The normalized spacial score (nSPS) is 26.1. The van der Waals surface area contributed by atoms with Gasteiger partial charge < -0.3 is 33.9 Å². The lowest BCUT2D eigenvalue weighted by Crippen LogP contribution is -2.14. The van der Waals surface area contributed by atoms with Crippen molar-refractivity contribution in [2.75, 3.05) is 34.5 Å². The highest BCUT2D eigenvalue weighted by molar-refractivity contribution is 5.53. The monoisotopic (exact) mass is 388 g/mol. The first-order valence-electron chi connectivity index (χ1n) is 9.12. The summed E-state index contributed by atoms with van der Waals surface area (Å²) in [5.74, 6) is 1.52. The van der Waals surface area contributed by atoms with E-state index < -0.39 is 0 Å². The van der Waals surface area contributed by atoms with Crippen LogP contribution in [0.5, 0.6) is 28.7 Å². The molecule has 4 rings (SSSR count). The van der Waals surface area contributed by atoms with Crippen molar-refractivity contribution in [2.24, 2.45) is 11.8 Å². The molecule has 0 aliphatic carbocycles. The average Bonchev–Trinajstić information content (AvgIpc) is 3.31. The van der Waals surface area contributed by atoms with Crippen molar-refractivity contribution >= 4 is 0 Å². The molecule has 2 saturated heterocycles. The van der Waals surface area contributed by atoms with E-state index in [1.54, 1.807) is 18.2 Å². The van der Waals surface area contributed by atoms with Crippen LogP contribution in [0.25, 0.3) is 0 Å². The van der Waals surface area contributed by atoms with Gasteiger partial charge in [0, 0.05) is 11.8 Å². The van der Waals surface area contributed by atoms with Gasteiger partial charge in [0.1, 0.15) is 0 Å². The van der Waals surface area contributed by atoms with Gasteiger partial charge in [-0.2, -0.15) is 0 Å². The Balaban J connectivity index is 1.61. The number of hydrogen-bond acceptors (Lipinski definition) is 7. The van der Waals surface area contributed by atoms with Crippen molar-refractivity contribution in [2.45, 2.75) is 12.2 Å². The lowest BCUT2D eigenvalue weighted by atomic mass is 9.85. The fraction of sp³-hybridized carbons (Fsp3) is 0.429. The van der Waals surface area contributed by atoms with Gasteiger partial charge in [-0.25, -0.2) is 0 Å². The Bertz CT molecular complexity index is 841. The van der Waals surface area contributed by atoms with Crippen LogP contribution in [0.3, 0.4) is 0 Å². The van der Waals surface area contributed by atoms with Crippen LogP contribution in [-0.2, 0) is 9.47 Å². The fourth-order valence-electron chi connectivity index (χ4n) is 4.18. The maximum atomic E-state index is 10.2. The van der Waals surface area contributed by atoms with E-state index in [1.165, 1.54) is 21.3 Å². The van der Waals surface area contributed by atoms with Crippen LogP contribution in [0, 0.1) is 11.8 Å². The van der Waals surface area contributed by atoms with E-state index in [2.05, 4.69) is 0 Å². The zero-order valence-electron chi connectivity index (χ0n) is 16.0. The molecule has 150 valence electrons. The first-order valence-corrected chi connectivity index (χ1v) is 9.12. The Labute approximate surface area is 163 Å². The summed E-state index contributed by atoms with van der Waals surface area (Å²) in [5.41, 5.74) is 1.83. The SMILES string of the molecule is COc1cc([C@H]2OC[C@@H]3C(c4cc(OC)c(O)c(OC)c4)OC[C@H]23)ccc1O. The minimum absolute atomic E-state index is 0.0277. The lowest BCUT2D eigenvalue weighted by Gasteiger charge is -2.19. The van der Waals surface area contributed by atoms with E-state index >= 15 is 0 Å². The Kier molecular flexibility index (Phi) is 4.95. The number of benzene rings is 2. The predicted molar refractivity (Wildman–Crippen MR) is 100 cm³/mol. The first kappa shape index (κ1) is 18.7. The third kappa shape index (κ3) is 3.00. The molecule has 1 unspecified atom stereocenters. The van der Waals surface area contributed by atoms with Crippen LogP contribution in [-0.4, -0.2) is 44.8 Å². The average molecular weight is 388 g/mol. The molecule has 0 amide bonds. The van der Waals surface area contributed by atoms with E-state index in [9.17, 15) is 10.2 Å². The van der Waals surface area contributed by atoms with Crippen LogP contribution < -0.4 is 14.2 Å². The summed E-state index contributed by atoms with van der Waals surface area (Å²) in [6.45, 7) is 1.10. The molecule has 7 nitrogen and oxygen atoms in total. The minimum Gasteiger partial charge on any atom is -0.504 e. The van der Waals surface area contributed by atoms with Gasteiger partial charge in [-0.1, -0.05) is 6.07 Å². The first-order chi connectivity index (χ1) is 13.6. The second-order valence-electron chi connectivity index (χ2n) is 7.04. The molecule has 0 saturated carbocycles. The van der Waals surface area contributed by atoms with Crippen LogP contribution in [0.15, 0.2) is 30.3 Å². The van der Waals surface area contributed by atoms with E-state index in [0.29, 0.717) is 30.5 Å². The summed E-state index contributed by atoms with van der Waals surface area (Å²) in [7, 11) is 4.53. The number of phenols is 2. The molecule has 2 aliphatic rings. The summed E-state index contributed by atoms with van der Waals surface area (Å²) in [6.07, 6.45) is -0.317. The summed E-state index contributed by atoms with van der Waals surface area (Å²) >= 11 is 0. The number of hydrogen-bond donors (Lipinski definition) is 2. The maximum absolute atomic E-state index is 10.2. The number of methoxy groups -OCH3 is 3.